The van der Waals surface area contributed by atoms with E-state index < -0.39 is 5.97 Å². The highest BCUT2D eigenvalue weighted by Gasteiger charge is 2.24. The normalized spacial score (nSPS) is 20.6. The first-order valence-corrected chi connectivity index (χ1v) is 6.10. The summed E-state index contributed by atoms with van der Waals surface area (Å²) in [6.45, 7) is 1.96. The average Bonchev–Trinajstić information content (AvgIpc) is 2.75. The molecule has 4 nitrogen and oxygen atoms in total. The quantitative estimate of drug-likeness (QED) is 0.845. The summed E-state index contributed by atoms with van der Waals surface area (Å²) >= 11 is 0. The van der Waals surface area contributed by atoms with Crippen molar-refractivity contribution in [3.63, 3.8) is 0 Å². The third kappa shape index (κ3) is 3.53. The van der Waals surface area contributed by atoms with Crippen molar-refractivity contribution in [1.29, 1.82) is 0 Å². The van der Waals surface area contributed by atoms with Crippen LogP contribution in [0, 0.1) is 0 Å². The number of carboxylic acids is 1. The highest BCUT2D eigenvalue weighted by Crippen LogP contribution is 2.23. The summed E-state index contributed by atoms with van der Waals surface area (Å²) in [6.07, 6.45) is 6.98. The van der Waals surface area contributed by atoms with E-state index in [0.29, 0.717) is 6.04 Å². The molecule has 2 rings (SSSR count). The molecule has 1 aliphatic rings. The number of pyridine rings is 1. The van der Waals surface area contributed by atoms with Gasteiger partial charge >= 0.3 is 5.97 Å². The molecule has 0 saturated carbocycles. The fraction of sp³-hybridized carbons (Fsp3) is 0.538. The van der Waals surface area contributed by atoms with Gasteiger partial charge < -0.3 is 5.11 Å². The van der Waals surface area contributed by atoms with E-state index in [4.69, 9.17) is 5.11 Å². The van der Waals surface area contributed by atoms with E-state index in [1.165, 1.54) is 12.0 Å². The average molecular weight is 234 g/mol. The molecule has 1 atom stereocenters. The van der Waals surface area contributed by atoms with Gasteiger partial charge in [0.15, 0.2) is 0 Å². The van der Waals surface area contributed by atoms with Gasteiger partial charge in [-0.1, -0.05) is 6.07 Å². The molecule has 1 N–H and O–H groups in total. The van der Waals surface area contributed by atoms with Crippen molar-refractivity contribution in [2.45, 2.75) is 38.3 Å². The molecule has 1 fully saturated rings. The number of nitrogens with zero attached hydrogens (tertiary/aromatic N) is 2. The molecule has 1 aliphatic heterocycles. The summed E-state index contributed by atoms with van der Waals surface area (Å²) in [7, 11) is 0. The number of aliphatic carboxylic acids is 1. The summed E-state index contributed by atoms with van der Waals surface area (Å²) in [4.78, 5) is 17.1. The van der Waals surface area contributed by atoms with Crippen molar-refractivity contribution in [3.8, 4) is 0 Å². The van der Waals surface area contributed by atoms with E-state index in [2.05, 4.69) is 16.0 Å². The maximum Gasteiger partial charge on any atom is 0.303 e. The summed E-state index contributed by atoms with van der Waals surface area (Å²) in [5.74, 6) is -0.696. The van der Waals surface area contributed by atoms with Gasteiger partial charge in [-0.25, -0.2) is 0 Å². The van der Waals surface area contributed by atoms with Crippen LogP contribution in [-0.2, 0) is 11.3 Å². The number of hydrogen-bond acceptors (Lipinski definition) is 3. The highest BCUT2D eigenvalue weighted by atomic mass is 16.4. The molecule has 1 unspecified atom stereocenters. The molecule has 17 heavy (non-hydrogen) atoms. The van der Waals surface area contributed by atoms with Crippen LogP contribution in [0.1, 0.15) is 31.2 Å². The lowest BCUT2D eigenvalue weighted by molar-refractivity contribution is -0.137. The molecular formula is C13H18N2O2. The molecule has 0 radical (unpaired) electrons. The summed E-state index contributed by atoms with van der Waals surface area (Å²) in [6, 6.07) is 4.43. The predicted octanol–water partition coefficient (Wildman–Crippen LogP) is 1.91. The van der Waals surface area contributed by atoms with Gasteiger partial charge in [0.25, 0.3) is 0 Å². The fourth-order valence-electron chi connectivity index (χ4n) is 2.45. The molecule has 0 aliphatic carbocycles. The van der Waals surface area contributed by atoms with Gasteiger partial charge in [0, 0.05) is 31.4 Å². The second kappa shape index (κ2) is 5.77. The Morgan fingerprint density at radius 2 is 2.47 bits per heavy atom. The lowest BCUT2D eigenvalue weighted by atomic mass is 10.1. The zero-order chi connectivity index (χ0) is 12.1. The van der Waals surface area contributed by atoms with E-state index in [1.807, 2.05) is 12.3 Å². The van der Waals surface area contributed by atoms with E-state index >= 15 is 0 Å². The first kappa shape index (κ1) is 12.0. The Kier molecular flexibility index (Phi) is 4.09. The number of aromatic nitrogens is 1. The monoisotopic (exact) mass is 234 g/mol. The van der Waals surface area contributed by atoms with Gasteiger partial charge in [-0.2, -0.15) is 0 Å². The molecule has 0 spiro atoms. The molecule has 2 heterocycles. The van der Waals surface area contributed by atoms with Crippen LogP contribution in [0.4, 0.5) is 0 Å². The van der Waals surface area contributed by atoms with Crippen LogP contribution in [0.15, 0.2) is 24.5 Å². The standard InChI is InChI=1S/C13H18N2O2/c16-13(17)6-5-12-4-2-8-15(12)10-11-3-1-7-14-9-11/h1,3,7,9,12H,2,4-6,8,10H2,(H,16,17). The van der Waals surface area contributed by atoms with Gasteiger partial charge in [-0.3, -0.25) is 14.7 Å². The Balaban J connectivity index is 1.89. The van der Waals surface area contributed by atoms with Gasteiger partial charge in [0.2, 0.25) is 0 Å². The van der Waals surface area contributed by atoms with Gasteiger partial charge in [0.05, 0.1) is 0 Å². The molecule has 1 saturated heterocycles. The van der Waals surface area contributed by atoms with Crippen molar-refractivity contribution in [2.24, 2.45) is 0 Å². The summed E-state index contributed by atoms with van der Waals surface area (Å²) < 4.78 is 0. The second-order valence-corrected chi connectivity index (χ2v) is 4.56. The Morgan fingerprint density at radius 1 is 1.59 bits per heavy atom. The first-order chi connectivity index (χ1) is 8.25. The zero-order valence-corrected chi connectivity index (χ0v) is 9.88. The zero-order valence-electron chi connectivity index (χ0n) is 9.88. The van der Waals surface area contributed by atoms with Crippen LogP contribution >= 0.6 is 0 Å². The van der Waals surface area contributed by atoms with Gasteiger partial charge in [-0.15, -0.1) is 0 Å². The van der Waals surface area contributed by atoms with E-state index in [9.17, 15) is 4.79 Å². The molecule has 0 bridgehead atoms. The molecular weight excluding hydrogens is 216 g/mol. The Labute approximate surface area is 101 Å². The van der Waals surface area contributed by atoms with E-state index in [1.54, 1.807) is 6.20 Å². The van der Waals surface area contributed by atoms with E-state index in [-0.39, 0.29) is 6.42 Å². The summed E-state index contributed by atoms with van der Waals surface area (Å²) in [5.41, 5.74) is 1.20. The Morgan fingerprint density at radius 3 is 3.18 bits per heavy atom. The molecule has 92 valence electrons. The second-order valence-electron chi connectivity index (χ2n) is 4.56. The SMILES string of the molecule is O=C(O)CCC1CCCN1Cc1cccnc1. The molecule has 1 aromatic rings. The van der Waals surface area contributed by atoms with Gasteiger partial charge in [0.1, 0.15) is 0 Å². The Hall–Kier alpha value is -1.42. The van der Waals surface area contributed by atoms with Crippen LogP contribution in [0.25, 0.3) is 0 Å². The first-order valence-electron chi connectivity index (χ1n) is 6.10. The molecule has 0 amide bonds. The highest BCUT2D eigenvalue weighted by molar-refractivity contribution is 5.66. The Bertz CT molecular complexity index is 367. The molecule has 4 heteroatoms. The number of rotatable bonds is 5. The lowest BCUT2D eigenvalue weighted by Crippen LogP contribution is -2.29. The van der Waals surface area contributed by atoms with Crippen molar-refractivity contribution in [2.75, 3.05) is 6.54 Å². The third-order valence-electron chi connectivity index (χ3n) is 3.30. The predicted molar refractivity (Wildman–Crippen MR) is 64.5 cm³/mol. The van der Waals surface area contributed by atoms with Crippen molar-refractivity contribution in [3.05, 3.63) is 30.1 Å². The maximum absolute atomic E-state index is 10.6. The summed E-state index contributed by atoms with van der Waals surface area (Å²) in [5, 5.41) is 8.72. The van der Waals surface area contributed by atoms with Crippen LogP contribution in [0.2, 0.25) is 0 Å². The smallest absolute Gasteiger partial charge is 0.303 e. The van der Waals surface area contributed by atoms with Gasteiger partial charge in [-0.05, 0) is 37.4 Å². The molecule has 0 aromatic carbocycles. The topological polar surface area (TPSA) is 53.4 Å². The maximum atomic E-state index is 10.6. The van der Waals surface area contributed by atoms with Crippen LogP contribution in [-0.4, -0.2) is 33.5 Å². The minimum absolute atomic E-state index is 0.272. The number of hydrogen-bond donors (Lipinski definition) is 1. The lowest BCUT2D eigenvalue weighted by Gasteiger charge is -2.23. The van der Waals surface area contributed by atoms with Crippen molar-refractivity contribution in [1.82, 2.24) is 9.88 Å². The minimum atomic E-state index is -0.696. The largest absolute Gasteiger partial charge is 0.481 e. The van der Waals surface area contributed by atoms with Crippen molar-refractivity contribution < 1.29 is 9.90 Å². The third-order valence-corrected chi connectivity index (χ3v) is 3.30. The van der Waals surface area contributed by atoms with Crippen LogP contribution in [0.5, 0.6) is 0 Å². The van der Waals surface area contributed by atoms with E-state index in [0.717, 1.165) is 25.9 Å². The molecule has 1 aromatic heterocycles. The van der Waals surface area contributed by atoms with Crippen LogP contribution < -0.4 is 0 Å². The number of likely N-dealkylation sites (tertiary alicyclic amines) is 1. The van der Waals surface area contributed by atoms with Crippen molar-refractivity contribution >= 4 is 5.97 Å². The minimum Gasteiger partial charge on any atom is -0.481 e. The van der Waals surface area contributed by atoms with Crippen LogP contribution in [0.3, 0.4) is 0 Å². The fourth-order valence-corrected chi connectivity index (χ4v) is 2.45. The number of carbonyl (C=O) groups is 1. The number of carboxylic acid groups (broad SMARTS) is 1.